The van der Waals surface area contributed by atoms with Gasteiger partial charge in [0, 0.05) is 13.1 Å². The summed E-state index contributed by atoms with van der Waals surface area (Å²) in [5.74, 6) is 1.77. The molecule has 2 fully saturated rings. The third kappa shape index (κ3) is 5.91. The van der Waals surface area contributed by atoms with Gasteiger partial charge in [-0.3, -0.25) is 9.69 Å². The molecule has 0 aromatic heterocycles. The number of carbonyl (C=O) groups is 1. The van der Waals surface area contributed by atoms with Crippen LogP contribution in [0, 0.1) is 11.8 Å². The fourth-order valence-corrected chi connectivity index (χ4v) is 3.29. The Morgan fingerprint density at radius 1 is 1.17 bits per heavy atom. The van der Waals surface area contributed by atoms with Crippen LogP contribution in [0.1, 0.15) is 43.7 Å². The molecule has 0 radical (unpaired) electrons. The summed E-state index contributed by atoms with van der Waals surface area (Å²) < 4.78 is 0. The van der Waals surface area contributed by atoms with Crippen molar-refractivity contribution in [1.29, 1.82) is 0 Å². The second kappa shape index (κ2) is 8.63. The van der Waals surface area contributed by atoms with Crippen LogP contribution < -0.4 is 10.6 Å². The summed E-state index contributed by atoms with van der Waals surface area (Å²) in [7, 11) is 0. The third-order valence-corrected chi connectivity index (χ3v) is 5.18. The highest BCUT2D eigenvalue weighted by Crippen LogP contribution is 2.27. The molecule has 1 saturated heterocycles. The second-order valence-corrected chi connectivity index (χ2v) is 7.63. The van der Waals surface area contributed by atoms with Crippen LogP contribution in [0.3, 0.4) is 0 Å². The van der Waals surface area contributed by atoms with Gasteiger partial charge >= 0.3 is 0 Å². The van der Waals surface area contributed by atoms with Crippen LogP contribution >= 0.6 is 0 Å². The molecule has 2 aliphatic rings. The fourth-order valence-electron chi connectivity index (χ4n) is 3.29. The van der Waals surface area contributed by atoms with Gasteiger partial charge in [0.05, 0.1) is 6.54 Å². The van der Waals surface area contributed by atoms with Gasteiger partial charge in [0.25, 0.3) is 0 Å². The summed E-state index contributed by atoms with van der Waals surface area (Å²) in [5.41, 5.74) is 2.54. The van der Waals surface area contributed by atoms with E-state index >= 15 is 0 Å². The van der Waals surface area contributed by atoms with E-state index in [1.807, 2.05) is 0 Å². The smallest absolute Gasteiger partial charge is 0.234 e. The van der Waals surface area contributed by atoms with Gasteiger partial charge in [-0.25, -0.2) is 0 Å². The van der Waals surface area contributed by atoms with Crippen molar-refractivity contribution in [3.63, 3.8) is 0 Å². The quantitative estimate of drug-likeness (QED) is 0.770. The lowest BCUT2D eigenvalue weighted by Gasteiger charge is -2.30. The van der Waals surface area contributed by atoms with E-state index in [1.54, 1.807) is 0 Å². The molecule has 0 bridgehead atoms. The second-order valence-electron chi connectivity index (χ2n) is 7.63. The predicted molar refractivity (Wildman–Crippen MR) is 97.6 cm³/mol. The maximum atomic E-state index is 11.9. The van der Waals surface area contributed by atoms with E-state index in [4.69, 9.17) is 0 Å². The topological polar surface area (TPSA) is 44.4 Å². The lowest BCUT2D eigenvalue weighted by molar-refractivity contribution is -0.120. The number of benzene rings is 1. The highest BCUT2D eigenvalue weighted by molar-refractivity contribution is 5.77. The fraction of sp³-hybridized carbons (Fsp3) is 0.650. The molecule has 0 atom stereocenters. The zero-order valence-electron chi connectivity index (χ0n) is 14.9. The van der Waals surface area contributed by atoms with E-state index in [-0.39, 0.29) is 5.91 Å². The minimum atomic E-state index is 0.0890. The summed E-state index contributed by atoms with van der Waals surface area (Å²) in [6, 6.07) is 8.63. The van der Waals surface area contributed by atoms with E-state index in [2.05, 4.69) is 46.7 Å². The average molecular weight is 329 g/mol. The Kier molecular flexibility index (Phi) is 6.27. The zero-order chi connectivity index (χ0) is 16.8. The van der Waals surface area contributed by atoms with Crippen LogP contribution in [-0.2, 0) is 17.9 Å². The monoisotopic (exact) mass is 329 g/mol. The minimum absolute atomic E-state index is 0.0890. The largest absolute Gasteiger partial charge is 0.351 e. The molecule has 2 N–H and O–H groups in total. The molecular formula is C20H31N3O. The number of nitrogens with one attached hydrogen (secondary N) is 2. The Balaban J connectivity index is 1.40. The number of hydrogen-bond donors (Lipinski definition) is 2. The molecule has 4 nitrogen and oxygen atoms in total. The Bertz CT molecular complexity index is 533. The van der Waals surface area contributed by atoms with Crippen molar-refractivity contribution in [2.45, 2.75) is 45.7 Å². The van der Waals surface area contributed by atoms with Crippen molar-refractivity contribution in [2.75, 3.05) is 26.2 Å². The first-order chi connectivity index (χ1) is 11.7. The number of hydrogen-bond acceptors (Lipinski definition) is 3. The number of carbonyl (C=O) groups excluding carboxylic acids is 1. The van der Waals surface area contributed by atoms with Crippen molar-refractivity contribution < 1.29 is 4.79 Å². The normalized spacial score (nSPS) is 19.4. The standard InChI is InChI=1S/C20H31N3O/c1-16-7-9-23(10-8-16)15-19-4-2-3-18(11-19)13-22-20(24)14-21-12-17-5-6-17/h2-4,11,16-17,21H,5-10,12-15H2,1H3,(H,22,24). The number of piperidine rings is 1. The first kappa shape index (κ1) is 17.4. The van der Waals surface area contributed by atoms with Gasteiger partial charge in [-0.05, 0) is 68.3 Å². The molecule has 1 saturated carbocycles. The van der Waals surface area contributed by atoms with Gasteiger partial charge in [0.2, 0.25) is 5.91 Å². The molecule has 1 heterocycles. The first-order valence-electron chi connectivity index (χ1n) is 9.46. The van der Waals surface area contributed by atoms with Crippen LogP contribution in [0.25, 0.3) is 0 Å². The maximum Gasteiger partial charge on any atom is 0.234 e. The first-order valence-corrected chi connectivity index (χ1v) is 9.46. The molecule has 24 heavy (non-hydrogen) atoms. The SMILES string of the molecule is CC1CCN(Cc2cccc(CNC(=O)CNCC3CC3)c2)CC1. The summed E-state index contributed by atoms with van der Waals surface area (Å²) in [6.45, 7) is 7.81. The van der Waals surface area contributed by atoms with Crippen LogP contribution in [0.4, 0.5) is 0 Å². The molecule has 132 valence electrons. The number of rotatable bonds is 8. The summed E-state index contributed by atoms with van der Waals surface area (Å²) in [5, 5.41) is 6.25. The molecule has 1 aromatic carbocycles. The number of nitrogens with zero attached hydrogens (tertiary/aromatic N) is 1. The van der Waals surface area contributed by atoms with Crippen LogP contribution in [0.15, 0.2) is 24.3 Å². The van der Waals surface area contributed by atoms with E-state index in [0.717, 1.165) is 24.9 Å². The highest BCUT2D eigenvalue weighted by atomic mass is 16.1. The molecule has 1 aliphatic carbocycles. The van der Waals surface area contributed by atoms with E-state index in [9.17, 15) is 4.79 Å². The average Bonchev–Trinajstić information content (AvgIpc) is 3.40. The lowest BCUT2D eigenvalue weighted by Crippen LogP contribution is -2.34. The van der Waals surface area contributed by atoms with Crippen molar-refractivity contribution in [1.82, 2.24) is 15.5 Å². The predicted octanol–water partition coefficient (Wildman–Crippen LogP) is 2.53. The van der Waals surface area contributed by atoms with Gasteiger partial charge in [-0.15, -0.1) is 0 Å². The van der Waals surface area contributed by atoms with Gasteiger partial charge < -0.3 is 10.6 Å². The molecule has 4 heteroatoms. The van der Waals surface area contributed by atoms with Crippen molar-refractivity contribution in [3.05, 3.63) is 35.4 Å². The van der Waals surface area contributed by atoms with Gasteiger partial charge in [-0.2, -0.15) is 0 Å². The zero-order valence-corrected chi connectivity index (χ0v) is 14.9. The Morgan fingerprint density at radius 2 is 1.92 bits per heavy atom. The Morgan fingerprint density at radius 3 is 2.67 bits per heavy atom. The third-order valence-electron chi connectivity index (χ3n) is 5.18. The Labute approximate surface area is 146 Å². The van der Waals surface area contributed by atoms with Crippen LogP contribution in [0.5, 0.6) is 0 Å². The molecule has 0 spiro atoms. The molecule has 0 unspecified atom stereocenters. The van der Waals surface area contributed by atoms with Gasteiger partial charge in [0.1, 0.15) is 0 Å². The molecule has 3 rings (SSSR count). The summed E-state index contributed by atoms with van der Waals surface area (Å²) >= 11 is 0. The minimum Gasteiger partial charge on any atom is -0.351 e. The maximum absolute atomic E-state index is 11.9. The van der Waals surface area contributed by atoms with Crippen molar-refractivity contribution >= 4 is 5.91 Å². The molecule has 1 aromatic rings. The Hall–Kier alpha value is -1.39. The molecule has 1 aliphatic heterocycles. The summed E-state index contributed by atoms with van der Waals surface area (Å²) in [6.07, 6.45) is 5.25. The molecular weight excluding hydrogens is 298 g/mol. The van der Waals surface area contributed by atoms with Gasteiger partial charge in [-0.1, -0.05) is 31.2 Å². The summed E-state index contributed by atoms with van der Waals surface area (Å²) in [4.78, 5) is 14.4. The van der Waals surface area contributed by atoms with Crippen LogP contribution in [-0.4, -0.2) is 37.0 Å². The molecule has 1 amide bonds. The van der Waals surface area contributed by atoms with Gasteiger partial charge in [0.15, 0.2) is 0 Å². The van der Waals surface area contributed by atoms with Crippen LogP contribution in [0.2, 0.25) is 0 Å². The van der Waals surface area contributed by atoms with E-state index in [1.165, 1.54) is 49.9 Å². The van der Waals surface area contributed by atoms with Crippen molar-refractivity contribution in [3.8, 4) is 0 Å². The van der Waals surface area contributed by atoms with Crippen molar-refractivity contribution in [2.24, 2.45) is 11.8 Å². The highest BCUT2D eigenvalue weighted by Gasteiger charge is 2.20. The number of amides is 1. The van der Waals surface area contributed by atoms with E-state index < -0.39 is 0 Å². The van der Waals surface area contributed by atoms with E-state index in [0.29, 0.717) is 13.1 Å². The number of likely N-dealkylation sites (tertiary alicyclic amines) is 1. The lowest BCUT2D eigenvalue weighted by atomic mass is 9.98.